The van der Waals surface area contributed by atoms with Crippen LogP contribution in [0.5, 0.6) is 0 Å². The van der Waals surface area contributed by atoms with Crippen molar-refractivity contribution in [1.29, 1.82) is 0 Å². The molecule has 192 valence electrons. The first-order chi connectivity index (χ1) is 18.8. The zero-order valence-electron chi connectivity index (χ0n) is 19.9. The van der Waals surface area contributed by atoms with Gasteiger partial charge in [0.2, 0.25) is 0 Å². The summed E-state index contributed by atoms with van der Waals surface area (Å²) in [5, 5.41) is 27.9. The third-order valence-corrected chi connectivity index (χ3v) is 6.78. The highest BCUT2D eigenvalue weighted by Crippen LogP contribution is 2.32. The van der Waals surface area contributed by atoms with E-state index >= 15 is 0 Å². The third-order valence-electron chi connectivity index (χ3n) is 5.72. The maximum atomic E-state index is 12.5. The van der Waals surface area contributed by atoms with Gasteiger partial charge in [0.05, 0.1) is 20.1 Å². The number of rotatable bonds is 7. The molecule has 0 aliphatic rings. The minimum Gasteiger partial charge on any atom is -0.322 e. The Morgan fingerprint density at radius 3 is 1.67 bits per heavy atom. The Morgan fingerprint density at radius 2 is 1.15 bits per heavy atom. The van der Waals surface area contributed by atoms with Gasteiger partial charge in [-0.15, -0.1) is 11.3 Å². The number of non-ortho nitro benzene ring substituents is 2. The minimum absolute atomic E-state index is 0.0919. The Labute approximate surface area is 224 Å². The normalized spacial score (nSPS) is 10.7. The van der Waals surface area contributed by atoms with Gasteiger partial charge < -0.3 is 10.6 Å². The van der Waals surface area contributed by atoms with E-state index < -0.39 is 9.85 Å². The van der Waals surface area contributed by atoms with E-state index in [1.807, 2.05) is 12.1 Å². The number of fused-ring (bicyclic) bond motifs is 1. The number of amides is 2. The maximum absolute atomic E-state index is 12.5. The highest BCUT2D eigenvalue weighted by molar-refractivity contribution is 7.21. The molecule has 0 fully saturated rings. The molecule has 1 aromatic heterocycles. The van der Waals surface area contributed by atoms with Crippen LogP contribution in [0.15, 0.2) is 91.0 Å². The van der Waals surface area contributed by atoms with Crippen LogP contribution in [-0.4, -0.2) is 26.6 Å². The Hall–Kier alpha value is -5.49. The van der Waals surface area contributed by atoms with E-state index in [0.29, 0.717) is 22.5 Å². The lowest BCUT2D eigenvalue weighted by Gasteiger charge is -2.06. The number of nitrogens with one attached hydrogen (secondary N) is 2. The number of anilines is 2. The smallest absolute Gasteiger partial charge is 0.269 e. The molecule has 12 heteroatoms. The van der Waals surface area contributed by atoms with Crippen LogP contribution in [-0.2, 0) is 0 Å². The number of nitro groups is 2. The van der Waals surface area contributed by atoms with Crippen LogP contribution in [0.3, 0.4) is 0 Å². The topological polar surface area (TPSA) is 157 Å². The first-order valence-corrected chi connectivity index (χ1v) is 12.2. The zero-order chi connectivity index (χ0) is 27.5. The van der Waals surface area contributed by atoms with Crippen LogP contribution in [0.2, 0.25) is 0 Å². The van der Waals surface area contributed by atoms with Gasteiger partial charge in [0.15, 0.2) is 0 Å². The Bertz CT molecular complexity index is 1730. The number of hydrogen-bond acceptors (Lipinski definition) is 8. The van der Waals surface area contributed by atoms with Crippen molar-refractivity contribution in [2.75, 3.05) is 10.6 Å². The summed E-state index contributed by atoms with van der Waals surface area (Å²) in [6.07, 6.45) is 0. The number of carbonyl (C=O) groups is 2. The molecule has 2 N–H and O–H groups in total. The summed E-state index contributed by atoms with van der Waals surface area (Å²) in [5.41, 5.74) is 3.11. The van der Waals surface area contributed by atoms with Gasteiger partial charge in [-0.1, -0.05) is 0 Å². The second-order valence-electron chi connectivity index (χ2n) is 8.30. The molecule has 0 aliphatic carbocycles. The van der Waals surface area contributed by atoms with Gasteiger partial charge in [-0.05, 0) is 66.7 Å². The van der Waals surface area contributed by atoms with Crippen LogP contribution >= 0.6 is 11.3 Å². The fraction of sp³-hybridized carbons (Fsp3) is 0. The summed E-state index contributed by atoms with van der Waals surface area (Å²) in [6.45, 7) is 0. The monoisotopic (exact) mass is 539 g/mol. The van der Waals surface area contributed by atoms with Crippen LogP contribution < -0.4 is 10.6 Å². The lowest BCUT2D eigenvalue weighted by Crippen LogP contribution is -2.11. The molecule has 0 saturated carbocycles. The molecule has 39 heavy (non-hydrogen) atoms. The van der Waals surface area contributed by atoms with Crippen LogP contribution in [0.4, 0.5) is 22.7 Å². The Morgan fingerprint density at radius 1 is 0.667 bits per heavy atom. The fourth-order valence-electron chi connectivity index (χ4n) is 3.70. The predicted molar refractivity (Wildman–Crippen MR) is 147 cm³/mol. The van der Waals surface area contributed by atoms with E-state index in [1.165, 1.54) is 59.9 Å². The largest absolute Gasteiger partial charge is 0.322 e. The number of aromatic nitrogens is 1. The summed E-state index contributed by atoms with van der Waals surface area (Å²) in [4.78, 5) is 50.2. The lowest BCUT2D eigenvalue weighted by atomic mass is 10.1. The molecule has 0 spiro atoms. The summed E-state index contributed by atoms with van der Waals surface area (Å²) < 4.78 is 0.849. The number of carbonyl (C=O) groups excluding carboxylic acids is 2. The molecular weight excluding hydrogens is 522 g/mol. The van der Waals surface area contributed by atoms with E-state index in [4.69, 9.17) is 0 Å². The summed E-state index contributed by atoms with van der Waals surface area (Å²) in [6, 6.07) is 23.1. The highest BCUT2D eigenvalue weighted by Gasteiger charge is 2.13. The summed E-state index contributed by atoms with van der Waals surface area (Å²) in [7, 11) is 0. The highest BCUT2D eigenvalue weighted by atomic mass is 32.1. The van der Waals surface area contributed by atoms with E-state index in [0.717, 1.165) is 20.8 Å². The van der Waals surface area contributed by atoms with Crippen molar-refractivity contribution in [1.82, 2.24) is 4.98 Å². The number of hydrogen-bond donors (Lipinski definition) is 2. The molecular formula is C27H17N5O6S. The first kappa shape index (κ1) is 25.2. The van der Waals surface area contributed by atoms with Gasteiger partial charge >= 0.3 is 0 Å². The Kier molecular flexibility index (Phi) is 6.76. The summed E-state index contributed by atoms with van der Waals surface area (Å²) >= 11 is 1.43. The van der Waals surface area contributed by atoms with Crippen molar-refractivity contribution in [2.45, 2.75) is 0 Å². The average molecular weight is 540 g/mol. The van der Waals surface area contributed by atoms with Gasteiger partial charge in [-0.3, -0.25) is 29.8 Å². The van der Waals surface area contributed by atoms with Crippen molar-refractivity contribution in [2.24, 2.45) is 0 Å². The molecule has 0 bridgehead atoms. The van der Waals surface area contributed by atoms with Crippen LogP contribution in [0.25, 0.3) is 20.8 Å². The van der Waals surface area contributed by atoms with E-state index in [2.05, 4.69) is 15.6 Å². The number of nitro benzene ring substituents is 2. The number of benzene rings is 4. The summed E-state index contributed by atoms with van der Waals surface area (Å²) in [5.74, 6) is -0.777. The SMILES string of the molecule is O=C(Nc1ccc(-c2nc3ccc(NC(=O)c4ccc([N+](=O)[O-])cc4)cc3s2)cc1)c1ccc([N+](=O)[O-])cc1. The molecule has 4 aromatic carbocycles. The molecule has 5 aromatic rings. The first-order valence-electron chi connectivity index (χ1n) is 11.4. The molecule has 0 atom stereocenters. The van der Waals surface area contributed by atoms with Crippen LogP contribution in [0.1, 0.15) is 20.7 Å². The van der Waals surface area contributed by atoms with Gasteiger partial charge in [0.1, 0.15) is 5.01 Å². The van der Waals surface area contributed by atoms with E-state index in [-0.39, 0.29) is 23.2 Å². The lowest BCUT2D eigenvalue weighted by molar-refractivity contribution is -0.385. The number of nitrogens with zero attached hydrogens (tertiary/aromatic N) is 3. The van der Waals surface area contributed by atoms with E-state index in [9.17, 15) is 29.8 Å². The predicted octanol–water partition coefficient (Wildman–Crippen LogP) is 6.28. The van der Waals surface area contributed by atoms with Crippen LogP contribution in [0, 0.1) is 20.2 Å². The van der Waals surface area contributed by atoms with Crippen molar-refractivity contribution in [3.63, 3.8) is 0 Å². The molecule has 11 nitrogen and oxygen atoms in total. The second kappa shape index (κ2) is 10.5. The average Bonchev–Trinajstić information content (AvgIpc) is 3.37. The Balaban J connectivity index is 1.27. The van der Waals surface area contributed by atoms with E-state index in [1.54, 1.807) is 30.3 Å². The fourth-order valence-corrected chi connectivity index (χ4v) is 4.71. The van der Waals surface area contributed by atoms with Crippen molar-refractivity contribution in [3.05, 3.63) is 122 Å². The van der Waals surface area contributed by atoms with Gasteiger partial charge in [0.25, 0.3) is 23.2 Å². The minimum atomic E-state index is -0.527. The van der Waals surface area contributed by atoms with Gasteiger partial charge in [0, 0.05) is 52.3 Å². The number of thiazole rings is 1. The van der Waals surface area contributed by atoms with Crippen molar-refractivity contribution in [3.8, 4) is 10.6 Å². The quantitative estimate of drug-likeness (QED) is 0.182. The second-order valence-corrected chi connectivity index (χ2v) is 9.33. The van der Waals surface area contributed by atoms with Crippen molar-refractivity contribution >= 4 is 56.1 Å². The zero-order valence-corrected chi connectivity index (χ0v) is 20.7. The molecule has 0 saturated heterocycles. The molecule has 5 rings (SSSR count). The molecule has 0 radical (unpaired) electrons. The molecule has 0 unspecified atom stereocenters. The van der Waals surface area contributed by atoms with Gasteiger partial charge in [-0.25, -0.2) is 4.98 Å². The van der Waals surface area contributed by atoms with Gasteiger partial charge in [-0.2, -0.15) is 0 Å². The van der Waals surface area contributed by atoms with Crippen molar-refractivity contribution < 1.29 is 19.4 Å². The molecule has 2 amide bonds. The maximum Gasteiger partial charge on any atom is 0.269 e. The third kappa shape index (κ3) is 5.60. The molecule has 0 aliphatic heterocycles. The molecule has 1 heterocycles. The standard InChI is InChI=1S/C27H17N5O6S/c33-25(16-3-10-21(11-4-16)31(35)36)28-19-7-1-18(2-8-19)27-30-23-14-9-20(15-24(23)39-27)29-26(34)17-5-12-22(13-6-17)32(37)38/h1-15H,(H,28,33)(H,29,34).